The van der Waals surface area contributed by atoms with E-state index in [1.165, 1.54) is 13.1 Å². The van der Waals surface area contributed by atoms with Gasteiger partial charge in [0.25, 0.3) is 5.56 Å². The second-order valence-corrected chi connectivity index (χ2v) is 5.27. The molecular weight excluding hydrogens is 279 g/mol. The molecule has 7 nitrogen and oxygen atoms in total. The predicted octanol–water partition coefficient (Wildman–Crippen LogP) is -0.386. The third-order valence-corrected chi connectivity index (χ3v) is 3.88. The zero-order valence-corrected chi connectivity index (χ0v) is 11.4. The number of halogens is 1. The van der Waals surface area contributed by atoms with Crippen molar-refractivity contribution >= 4 is 16.6 Å². The highest BCUT2D eigenvalue weighted by Crippen LogP contribution is 2.26. The molecule has 0 radical (unpaired) electrons. The lowest BCUT2D eigenvalue weighted by molar-refractivity contribution is 0.158. The van der Waals surface area contributed by atoms with Gasteiger partial charge in [0.1, 0.15) is 5.82 Å². The molecule has 0 spiro atoms. The highest BCUT2D eigenvalue weighted by molar-refractivity contribution is 5.82. The molecule has 21 heavy (non-hydrogen) atoms. The molecule has 1 fully saturated rings. The molecule has 2 aromatic rings. The van der Waals surface area contributed by atoms with Crippen LogP contribution in [0, 0.1) is 5.82 Å². The Morgan fingerprint density at radius 1 is 1.38 bits per heavy atom. The number of fused-ring (bicyclic) bond motifs is 1. The van der Waals surface area contributed by atoms with E-state index >= 15 is 0 Å². The van der Waals surface area contributed by atoms with Crippen molar-refractivity contribution in [1.29, 1.82) is 0 Å². The highest BCUT2D eigenvalue weighted by Gasteiger charge is 2.23. The summed E-state index contributed by atoms with van der Waals surface area (Å²) >= 11 is 0. The van der Waals surface area contributed by atoms with Crippen LogP contribution in [-0.2, 0) is 7.05 Å². The fraction of sp³-hybridized carbons (Fsp3) is 0.385. The van der Waals surface area contributed by atoms with Crippen LogP contribution in [0.15, 0.2) is 21.7 Å². The Morgan fingerprint density at radius 3 is 2.71 bits per heavy atom. The third kappa shape index (κ3) is 1.99. The molecule has 112 valence electrons. The number of anilines is 1. The summed E-state index contributed by atoms with van der Waals surface area (Å²) in [6.07, 6.45) is 0.759. The summed E-state index contributed by atoms with van der Waals surface area (Å²) in [5.74, 6) is -0.577. The topological polar surface area (TPSA) is 93.5 Å². The van der Waals surface area contributed by atoms with Crippen LogP contribution in [0.5, 0.6) is 0 Å². The molecule has 0 amide bonds. The first kappa shape index (κ1) is 13.6. The maximum absolute atomic E-state index is 14.2. The smallest absolute Gasteiger partial charge is 0.364 e. The number of nitrogens with zero attached hydrogens (tertiary/aromatic N) is 3. The minimum Gasteiger partial charge on any atom is -0.421 e. The van der Waals surface area contributed by atoms with E-state index in [0.29, 0.717) is 18.8 Å². The summed E-state index contributed by atoms with van der Waals surface area (Å²) in [5.41, 5.74) is 4.59. The molecule has 0 saturated carbocycles. The number of hydrogen-bond donors (Lipinski definition) is 2. The maximum Gasteiger partial charge on any atom is 0.364 e. The number of benzene rings is 1. The van der Waals surface area contributed by atoms with Crippen molar-refractivity contribution in [1.82, 2.24) is 9.30 Å². The fourth-order valence-electron chi connectivity index (χ4n) is 2.69. The molecule has 1 aliphatic heterocycles. The molecule has 1 aliphatic rings. The van der Waals surface area contributed by atoms with Crippen molar-refractivity contribution in [2.45, 2.75) is 12.5 Å². The summed E-state index contributed by atoms with van der Waals surface area (Å²) in [6.45, 7) is 1.14. The first-order valence-electron chi connectivity index (χ1n) is 6.55. The van der Waals surface area contributed by atoms with Gasteiger partial charge in [0.05, 0.1) is 16.6 Å². The number of aryl methyl sites for hydroxylation is 1. The van der Waals surface area contributed by atoms with Gasteiger partial charge < -0.3 is 15.8 Å². The van der Waals surface area contributed by atoms with E-state index in [0.717, 1.165) is 17.1 Å². The van der Waals surface area contributed by atoms with E-state index < -0.39 is 17.1 Å². The van der Waals surface area contributed by atoms with Gasteiger partial charge in [-0.3, -0.25) is 9.36 Å². The van der Waals surface area contributed by atoms with Crippen LogP contribution in [0.4, 0.5) is 10.1 Å². The maximum atomic E-state index is 14.2. The number of aromatic nitrogens is 2. The molecule has 0 aliphatic carbocycles. The first-order chi connectivity index (χ1) is 9.90. The van der Waals surface area contributed by atoms with Crippen molar-refractivity contribution in [2.24, 2.45) is 12.8 Å². The molecule has 1 saturated heterocycles. The highest BCUT2D eigenvalue weighted by atomic mass is 19.1. The van der Waals surface area contributed by atoms with Gasteiger partial charge in [0, 0.05) is 26.2 Å². The molecule has 2 heterocycles. The Labute approximate surface area is 118 Å². The number of rotatable bonds is 1. The third-order valence-electron chi connectivity index (χ3n) is 3.88. The van der Waals surface area contributed by atoms with E-state index in [1.54, 1.807) is 4.90 Å². The molecule has 3 N–H and O–H groups in total. The van der Waals surface area contributed by atoms with Crippen LogP contribution in [-0.4, -0.2) is 33.6 Å². The van der Waals surface area contributed by atoms with Crippen LogP contribution >= 0.6 is 0 Å². The van der Waals surface area contributed by atoms with Gasteiger partial charge in [0.15, 0.2) is 0 Å². The lowest BCUT2D eigenvalue weighted by atomic mass is 10.2. The summed E-state index contributed by atoms with van der Waals surface area (Å²) in [6, 6.07) is 2.48. The first-order valence-corrected chi connectivity index (χ1v) is 6.55. The molecule has 1 aromatic carbocycles. The van der Waals surface area contributed by atoms with Crippen LogP contribution in [0.1, 0.15) is 6.42 Å². The quantitative estimate of drug-likeness (QED) is 0.699. The number of hydrogen-bond acceptors (Lipinski definition) is 5. The minimum atomic E-state index is -0.934. The Morgan fingerprint density at radius 2 is 2.10 bits per heavy atom. The van der Waals surface area contributed by atoms with Crippen molar-refractivity contribution < 1.29 is 9.60 Å². The molecule has 8 heteroatoms. The van der Waals surface area contributed by atoms with Crippen molar-refractivity contribution in [3.8, 4) is 0 Å². The van der Waals surface area contributed by atoms with Crippen molar-refractivity contribution in [3.63, 3.8) is 0 Å². The molecule has 0 bridgehead atoms. The molecule has 1 atom stereocenters. The van der Waals surface area contributed by atoms with Crippen molar-refractivity contribution in [2.75, 3.05) is 18.0 Å². The van der Waals surface area contributed by atoms with Gasteiger partial charge in [0.2, 0.25) is 0 Å². The summed E-state index contributed by atoms with van der Waals surface area (Å²) < 4.78 is 15.3. The monoisotopic (exact) mass is 294 g/mol. The molecule has 1 aromatic heterocycles. The summed E-state index contributed by atoms with van der Waals surface area (Å²) in [7, 11) is 1.41. The largest absolute Gasteiger partial charge is 0.421 e. The minimum absolute atomic E-state index is 0.0191. The van der Waals surface area contributed by atoms with Crippen molar-refractivity contribution in [3.05, 3.63) is 38.8 Å². The van der Waals surface area contributed by atoms with Gasteiger partial charge in [-0.2, -0.15) is 0 Å². The van der Waals surface area contributed by atoms with E-state index in [9.17, 15) is 19.2 Å². The van der Waals surface area contributed by atoms with Crippen LogP contribution in [0.3, 0.4) is 0 Å². The average Bonchev–Trinajstić information content (AvgIpc) is 2.88. The zero-order valence-electron chi connectivity index (χ0n) is 11.4. The molecule has 3 rings (SSSR count). The normalized spacial score (nSPS) is 18.6. The summed E-state index contributed by atoms with van der Waals surface area (Å²) in [5, 5.41) is 9.36. The van der Waals surface area contributed by atoms with E-state index in [4.69, 9.17) is 5.73 Å². The van der Waals surface area contributed by atoms with E-state index in [1.807, 2.05) is 0 Å². The average molecular weight is 294 g/mol. The lowest BCUT2D eigenvalue weighted by Gasteiger charge is -2.20. The van der Waals surface area contributed by atoms with Gasteiger partial charge in [-0.1, -0.05) is 4.73 Å². The van der Waals surface area contributed by atoms with E-state index in [2.05, 4.69) is 0 Å². The van der Waals surface area contributed by atoms with E-state index in [-0.39, 0.29) is 21.7 Å². The second kappa shape index (κ2) is 4.59. The molecule has 1 unspecified atom stereocenters. The Bertz CT molecular complexity index is 842. The zero-order chi connectivity index (χ0) is 15.3. The Kier molecular flexibility index (Phi) is 2.98. The van der Waals surface area contributed by atoms with Gasteiger partial charge >= 0.3 is 5.69 Å². The van der Waals surface area contributed by atoms with Gasteiger partial charge in [-0.05, 0) is 18.6 Å². The standard InChI is InChI=1S/C13H15FN4O3/c1-16-10-5-11(17-3-2-7(15)6-17)9(14)4-8(10)12(19)18(21)13(16)20/h4-5,7,21H,2-3,6,15H2,1H3. The summed E-state index contributed by atoms with van der Waals surface area (Å²) in [4.78, 5) is 25.3. The van der Waals surface area contributed by atoms with Crippen LogP contribution in [0.25, 0.3) is 10.9 Å². The van der Waals surface area contributed by atoms with Gasteiger partial charge in [-0.25, -0.2) is 9.18 Å². The number of nitrogens with two attached hydrogens (primary N) is 1. The fourth-order valence-corrected chi connectivity index (χ4v) is 2.69. The van der Waals surface area contributed by atoms with Gasteiger partial charge in [-0.15, -0.1) is 0 Å². The Balaban J connectivity index is 2.29. The molecular formula is C13H15FN4O3. The van der Waals surface area contributed by atoms with Crippen LogP contribution < -0.4 is 21.9 Å². The second-order valence-electron chi connectivity index (χ2n) is 5.27. The van der Waals surface area contributed by atoms with Crippen LogP contribution in [0.2, 0.25) is 0 Å². The lowest BCUT2D eigenvalue weighted by Crippen LogP contribution is -2.37. The Hall–Kier alpha value is -2.35. The SMILES string of the molecule is Cn1c(=O)n(O)c(=O)c2cc(F)c(N3CCC(N)C3)cc21. The predicted molar refractivity (Wildman–Crippen MR) is 75.4 cm³/mol.